The lowest BCUT2D eigenvalue weighted by molar-refractivity contribution is -0.127. The van der Waals surface area contributed by atoms with Gasteiger partial charge in [-0.05, 0) is 20.0 Å². The highest BCUT2D eigenvalue weighted by atomic mass is 16.2. The third-order valence-electron chi connectivity index (χ3n) is 2.97. The van der Waals surface area contributed by atoms with E-state index in [4.69, 9.17) is 0 Å². The van der Waals surface area contributed by atoms with Gasteiger partial charge in [-0.2, -0.15) is 0 Å². The molecule has 0 aromatic rings. The molecule has 0 spiro atoms. The maximum atomic E-state index is 11.6. The lowest BCUT2D eigenvalue weighted by Gasteiger charge is -2.29. The van der Waals surface area contributed by atoms with Crippen molar-refractivity contribution in [2.45, 2.75) is 26.8 Å². The first-order chi connectivity index (χ1) is 7.17. The average molecular weight is 213 g/mol. The molecule has 88 valence electrons. The summed E-state index contributed by atoms with van der Waals surface area (Å²) in [6.07, 6.45) is 0. The van der Waals surface area contributed by atoms with Crippen molar-refractivity contribution in [3.8, 4) is 0 Å². The summed E-state index contributed by atoms with van der Waals surface area (Å²) >= 11 is 0. The van der Waals surface area contributed by atoms with E-state index in [9.17, 15) is 4.79 Å². The van der Waals surface area contributed by atoms with Gasteiger partial charge in [0.15, 0.2) is 0 Å². The summed E-state index contributed by atoms with van der Waals surface area (Å²) < 4.78 is 0. The quantitative estimate of drug-likeness (QED) is 0.655. The molecule has 1 unspecified atom stereocenters. The lowest BCUT2D eigenvalue weighted by Crippen LogP contribution is -2.53. The van der Waals surface area contributed by atoms with Crippen LogP contribution in [0.25, 0.3) is 0 Å². The van der Waals surface area contributed by atoms with E-state index in [0.29, 0.717) is 0 Å². The molecule has 1 atom stereocenters. The van der Waals surface area contributed by atoms with Crippen LogP contribution in [0, 0.1) is 5.92 Å². The normalized spacial score (nSPS) is 18.7. The fraction of sp³-hybridized carbons (Fsp3) is 0.909. The molecular formula is C11H23N3O. The van der Waals surface area contributed by atoms with E-state index in [1.165, 1.54) is 0 Å². The van der Waals surface area contributed by atoms with Crippen LogP contribution in [0.4, 0.5) is 0 Å². The number of nitrogens with zero attached hydrogens (tertiary/aromatic N) is 1. The Labute approximate surface area is 92.4 Å². The second kappa shape index (κ2) is 6.08. The van der Waals surface area contributed by atoms with Crippen molar-refractivity contribution >= 4 is 5.91 Å². The van der Waals surface area contributed by atoms with E-state index in [-0.39, 0.29) is 17.9 Å². The molecule has 0 aromatic heterocycles. The number of nitrogens with one attached hydrogen (secondary N) is 2. The van der Waals surface area contributed by atoms with Crippen molar-refractivity contribution in [1.29, 1.82) is 0 Å². The van der Waals surface area contributed by atoms with Gasteiger partial charge in [0.1, 0.15) is 0 Å². The summed E-state index contributed by atoms with van der Waals surface area (Å²) in [4.78, 5) is 13.9. The molecule has 0 bridgehead atoms. The topological polar surface area (TPSA) is 44.4 Å². The molecule has 4 nitrogen and oxygen atoms in total. The van der Waals surface area contributed by atoms with E-state index in [1.807, 2.05) is 0 Å². The predicted octanol–water partition coefficient (Wildman–Crippen LogP) is 0.0523. The first-order valence-electron chi connectivity index (χ1n) is 5.90. The molecule has 1 fully saturated rings. The Morgan fingerprint density at radius 1 is 1.47 bits per heavy atom. The Morgan fingerprint density at radius 3 is 2.47 bits per heavy atom. The minimum atomic E-state index is 0.198. The minimum absolute atomic E-state index is 0.198. The van der Waals surface area contributed by atoms with Gasteiger partial charge in [0.2, 0.25) is 5.91 Å². The summed E-state index contributed by atoms with van der Waals surface area (Å²) in [5.41, 5.74) is 0. The van der Waals surface area contributed by atoms with E-state index in [0.717, 1.165) is 32.7 Å². The first kappa shape index (κ1) is 12.5. The zero-order valence-electron chi connectivity index (χ0n) is 10.0. The number of likely N-dealkylation sites (N-methyl/N-ethyl adjacent to an activating group) is 1. The zero-order chi connectivity index (χ0) is 11.3. The van der Waals surface area contributed by atoms with Crippen molar-refractivity contribution < 1.29 is 4.79 Å². The van der Waals surface area contributed by atoms with E-state index >= 15 is 0 Å². The van der Waals surface area contributed by atoms with Gasteiger partial charge >= 0.3 is 0 Å². The van der Waals surface area contributed by atoms with E-state index in [2.05, 4.69) is 36.3 Å². The molecule has 0 radical (unpaired) electrons. The summed E-state index contributed by atoms with van der Waals surface area (Å²) in [5, 5.41) is 6.17. The maximum absolute atomic E-state index is 11.6. The predicted molar refractivity (Wildman–Crippen MR) is 61.8 cm³/mol. The molecule has 15 heavy (non-hydrogen) atoms. The fourth-order valence-electron chi connectivity index (χ4n) is 1.75. The highest BCUT2D eigenvalue weighted by Crippen LogP contribution is 2.03. The number of hydrogen-bond donors (Lipinski definition) is 2. The standard InChI is InChI=1S/C11H23N3O/c1-4-14(5-2)8-9(3)13-11(15)10-6-12-7-10/h9-10,12H,4-8H2,1-3H3,(H,13,15). The Morgan fingerprint density at radius 2 is 2.07 bits per heavy atom. The molecule has 1 amide bonds. The van der Waals surface area contributed by atoms with Gasteiger partial charge in [-0.25, -0.2) is 0 Å². The molecule has 1 aliphatic heterocycles. The van der Waals surface area contributed by atoms with E-state index in [1.54, 1.807) is 0 Å². The Bertz CT molecular complexity index is 200. The van der Waals surface area contributed by atoms with E-state index < -0.39 is 0 Å². The van der Waals surface area contributed by atoms with Crippen LogP contribution in [0.3, 0.4) is 0 Å². The Balaban J connectivity index is 2.21. The zero-order valence-corrected chi connectivity index (χ0v) is 10.0. The smallest absolute Gasteiger partial charge is 0.225 e. The van der Waals surface area contributed by atoms with Gasteiger partial charge in [-0.1, -0.05) is 13.8 Å². The molecule has 1 rings (SSSR count). The highest BCUT2D eigenvalue weighted by molar-refractivity contribution is 5.80. The third kappa shape index (κ3) is 3.80. The van der Waals surface area contributed by atoms with Crippen molar-refractivity contribution in [3.05, 3.63) is 0 Å². The fourth-order valence-corrected chi connectivity index (χ4v) is 1.75. The van der Waals surface area contributed by atoms with Crippen LogP contribution in [0.5, 0.6) is 0 Å². The second-order valence-electron chi connectivity index (χ2n) is 4.25. The monoisotopic (exact) mass is 213 g/mol. The number of rotatable bonds is 6. The summed E-state index contributed by atoms with van der Waals surface area (Å²) in [6.45, 7) is 11.1. The number of hydrogen-bond acceptors (Lipinski definition) is 3. The van der Waals surface area contributed by atoms with Crippen LogP contribution < -0.4 is 10.6 Å². The van der Waals surface area contributed by atoms with Crippen LogP contribution >= 0.6 is 0 Å². The molecule has 0 saturated carbocycles. The second-order valence-corrected chi connectivity index (χ2v) is 4.25. The molecule has 0 aromatic carbocycles. The lowest BCUT2D eigenvalue weighted by atomic mass is 10.0. The largest absolute Gasteiger partial charge is 0.352 e. The Hall–Kier alpha value is -0.610. The van der Waals surface area contributed by atoms with Crippen molar-refractivity contribution in [3.63, 3.8) is 0 Å². The van der Waals surface area contributed by atoms with Gasteiger partial charge in [-0.15, -0.1) is 0 Å². The molecule has 1 heterocycles. The van der Waals surface area contributed by atoms with Crippen molar-refractivity contribution in [1.82, 2.24) is 15.5 Å². The van der Waals surface area contributed by atoms with Crippen molar-refractivity contribution in [2.24, 2.45) is 5.92 Å². The molecule has 4 heteroatoms. The van der Waals surface area contributed by atoms with Gasteiger partial charge in [0, 0.05) is 25.7 Å². The number of carbonyl (C=O) groups is 1. The highest BCUT2D eigenvalue weighted by Gasteiger charge is 2.25. The molecule has 1 saturated heterocycles. The number of carbonyl (C=O) groups excluding carboxylic acids is 1. The SMILES string of the molecule is CCN(CC)CC(C)NC(=O)C1CNC1. The molecular weight excluding hydrogens is 190 g/mol. The van der Waals surface area contributed by atoms with Crippen LogP contribution in [0.2, 0.25) is 0 Å². The summed E-state index contributed by atoms with van der Waals surface area (Å²) in [5.74, 6) is 0.401. The van der Waals surface area contributed by atoms with Gasteiger partial charge < -0.3 is 15.5 Å². The average Bonchev–Trinajstić information content (AvgIpc) is 2.11. The van der Waals surface area contributed by atoms with Crippen LogP contribution in [0.15, 0.2) is 0 Å². The minimum Gasteiger partial charge on any atom is -0.352 e. The van der Waals surface area contributed by atoms with Crippen LogP contribution in [-0.2, 0) is 4.79 Å². The maximum Gasteiger partial charge on any atom is 0.225 e. The van der Waals surface area contributed by atoms with Crippen LogP contribution in [-0.4, -0.2) is 49.6 Å². The van der Waals surface area contributed by atoms with Gasteiger partial charge in [-0.3, -0.25) is 4.79 Å². The molecule has 0 aliphatic carbocycles. The van der Waals surface area contributed by atoms with Crippen LogP contribution in [0.1, 0.15) is 20.8 Å². The number of amides is 1. The summed E-state index contributed by atoms with van der Waals surface area (Å²) in [7, 11) is 0. The summed E-state index contributed by atoms with van der Waals surface area (Å²) in [6, 6.07) is 0.248. The molecule has 1 aliphatic rings. The van der Waals surface area contributed by atoms with Gasteiger partial charge in [0.05, 0.1) is 5.92 Å². The molecule has 2 N–H and O–H groups in total. The van der Waals surface area contributed by atoms with Crippen molar-refractivity contribution in [2.75, 3.05) is 32.7 Å². The Kier molecular flexibility index (Phi) is 5.05. The first-order valence-corrected chi connectivity index (χ1v) is 5.90. The van der Waals surface area contributed by atoms with Gasteiger partial charge in [0.25, 0.3) is 0 Å². The third-order valence-corrected chi connectivity index (χ3v) is 2.97.